The van der Waals surface area contributed by atoms with Crippen molar-refractivity contribution in [2.75, 3.05) is 6.54 Å². The van der Waals surface area contributed by atoms with Crippen LogP contribution in [0.2, 0.25) is 10.0 Å². The third-order valence-electron chi connectivity index (χ3n) is 5.31. The van der Waals surface area contributed by atoms with Crippen molar-refractivity contribution in [1.29, 1.82) is 0 Å². The molecule has 2 aliphatic rings. The first-order chi connectivity index (χ1) is 11.1. The number of hydrogen-bond acceptors (Lipinski definition) is 2. The van der Waals surface area contributed by atoms with Crippen molar-refractivity contribution in [1.82, 2.24) is 4.90 Å². The fourth-order valence-corrected chi connectivity index (χ4v) is 4.27. The first-order valence-corrected chi connectivity index (χ1v) is 9.32. The summed E-state index contributed by atoms with van der Waals surface area (Å²) >= 11 is 12.1. The molecule has 3 rings (SSSR count). The lowest BCUT2D eigenvalue weighted by molar-refractivity contribution is -0.133. The van der Waals surface area contributed by atoms with Crippen LogP contribution >= 0.6 is 35.6 Å². The van der Waals surface area contributed by atoms with Gasteiger partial charge in [0.05, 0.1) is 16.1 Å². The van der Waals surface area contributed by atoms with Gasteiger partial charge in [0.1, 0.15) is 0 Å². The van der Waals surface area contributed by atoms with Gasteiger partial charge in [-0.25, -0.2) is 0 Å². The highest BCUT2D eigenvalue weighted by Crippen LogP contribution is 2.36. The lowest BCUT2D eigenvalue weighted by atomic mass is 9.82. The molecule has 6 heteroatoms. The Morgan fingerprint density at radius 2 is 1.88 bits per heavy atom. The monoisotopic (exact) mass is 390 g/mol. The van der Waals surface area contributed by atoms with Crippen LogP contribution in [0.25, 0.3) is 0 Å². The molecule has 3 atom stereocenters. The lowest BCUT2D eigenvalue weighted by Gasteiger charge is -2.31. The van der Waals surface area contributed by atoms with Crippen molar-refractivity contribution in [3.8, 4) is 0 Å². The molecule has 134 valence electrons. The molecule has 0 bridgehead atoms. The maximum atomic E-state index is 12.8. The molecule has 2 fully saturated rings. The van der Waals surface area contributed by atoms with Crippen LogP contribution in [0.3, 0.4) is 0 Å². The van der Waals surface area contributed by atoms with Gasteiger partial charge < -0.3 is 10.6 Å². The second-order valence-corrected chi connectivity index (χ2v) is 7.65. The Bertz CT molecular complexity index is 581. The molecule has 2 N–H and O–H groups in total. The molecule has 1 heterocycles. The van der Waals surface area contributed by atoms with Crippen LogP contribution in [0.1, 0.15) is 56.6 Å². The normalized spacial score (nSPS) is 27.0. The minimum Gasteiger partial charge on any atom is -0.336 e. The number of rotatable bonds is 3. The third-order valence-corrected chi connectivity index (χ3v) is 6.05. The summed E-state index contributed by atoms with van der Waals surface area (Å²) in [6, 6.07) is 6.00. The maximum Gasteiger partial charge on any atom is 0.223 e. The van der Waals surface area contributed by atoms with Crippen LogP contribution in [-0.4, -0.2) is 23.4 Å². The van der Waals surface area contributed by atoms with E-state index in [0.29, 0.717) is 22.4 Å². The molecule has 1 saturated carbocycles. The number of amides is 1. The number of likely N-dealkylation sites (tertiary alicyclic amines) is 1. The van der Waals surface area contributed by atoms with E-state index in [0.717, 1.165) is 37.8 Å². The zero-order chi connectivity index (χ0) is 16.4. The van der Waals surface area contributed by atoms with Gasteiger partial charge in [-0.15, -0.1) is 12.4 Å². The predicted octanol–water partition coefficient (Wildman–Crippen LogP) is 4.99. The summed E-state index contributed by atoms with van der Waals surface area (Å²) in [6.07, 6.45) is 7.13. The number of halogens is 3. The first kappa shape index (κ1) is 19.8. The van der Waals surface area contributed by atoms with Crippen molar-refractivity contribution >= 4 is 41.5 Å². The first-order valence-electron chi connectivity index (χ1n) is 8.56. The Hall–Kier alpha value is -0.480. The standard InChI is InChI=1S/C18H24Cl2N2O.ClH/c19-14-8-7-13(10-15(14)20)17-6-3-9-22(17)18(23)11-12-4-1-2-5-16(12)21;/h7-8,10,12,16-17H,1-6,9,11,21H2;1H. The minimum atomic E-state index is 0. The third kappa shape index (κ3) is 4.37. The SMILES string of the molecule is Cl.NC1CCCCC1CC(=O)N1CCCC1c1ccc(Cl)c(Cl)c1. The fraction of sp³-hybridized carbons (Fsp3) is 0.611. The Balaban J connectivity index is 0.00000208. The summed E-state index contributed by atoms with van der Waals surface area (Å²) in [5.74, 6) is 0.576. The largest absolute Gasteiger partial charge is 0.336 e. The van der Waals surface area contributed by atoms with Crippen molar-refractivity contribution in [2.45, 2.75) is 57.0 Å². The van der Waals surface area contributed by atoms with E-state index in [2.05, 4.69) is 0 Å². The van der Waals surface area contributed by atoms with Crippen molar-refractivity contribution < 1.29 is 4.79 Å². The van der Waals surface area contributed by atoms with E-state index in [4.69, 9.17) is 28.9 Å². The van der Waals surface area contributed by atoms with E-state index in [1.807, 2.05) is 23.1 Å². The topological polar surface area (TPSA) is 46.3 Å². The van der Waals surface area contributed by atoms with Gasteiger partial charge in [-0.1, -0.05) is 42.1 Å². The van der Waals surface area contributed by atoms with Gasteiger partial charge in [-0.05, 0) is 49.3 Å². The molecule has 1 amide bonds. The summed E-state index contributed by atoms with van der Waals surface area (Å²) in [6.45, 7) is 0.825. The quantitative estimate of drug-likeness (QED) is 0.789. The molecule has 3 unspecified atom stereocenters. The molecule has 1 aromatic rings. The molecule has 0 spiro atoms. The van der Waals surface area contributed by atoms with Gasteiger partial charge in [0.25, 0.3) is 0 Å². The molecule has 3 nitrogen and oxygen atoms in total. The van der Waals surface area contributed by atoms with Crippen LogP contribution in [0.15, 0.2) is 18.2 Å². The Kier molecular flexibility index (Phi) is 7.23. The average Bonchev–Trinajstić information content (AvgIpc) is 3.02. The summed E-state index contributed by atoms with van der Waals surface area (Å²) in [5, 5.41) is 1.11. The van der Waals surface area contributed by atoms with E-state index in [1.165, 1.54) is 12.8 Å². The summed E-state index contributed by atoms with van der Waals surface area (Å²) < 4.78 is 0. The highest BCUT2D eigenvalue weighted by atomic mass is 35.5. The fourth-order valence-electron chi connectivity index (χ4n) is 3.96. The average molecular weight is 392 g/mol. The van der Waals surface area contributed by atoms with Crippen LogP contribution in [0, 0.1) is 5.92 Å². The second-order valence-electron chi connectivity index (χ2n) is 6.83. The molecule has 24 heavy (non-hydrogen) atoms. The number of carbonyl (C=O) groups excluding carboxylic acids is 1. The number of carbonyl (C=O) groups is 1. The van der Waals surface area contributed by atoms with Crippen molar-refractivity contribution in [2.24, 2.45) is 11.7 Å². The van der Waals surface area contributed by atoms with Gasteiger partial charge in [-0.3, -0.25) is 4.79 Å². The molecule has 1 saturated heterocycles. The van der Waals surface area contributed by atoms with E-state index in [9.17, 15) is 4.79 Å². The van der Waals surface area contributed by atoms with Gasteiger partial charge in [0.15, 0.2) is 0 Å². The summed E-state index contributed by atoms with van der Waals surface area (Å²) in [5.41, 5.74) is 7.29. The maximum absolute atomic E-state index is 12.8. The van der Waals surface area contributed by atoms with Gasteiger partial charge in [0.2, 0.25) is 5.91 Å². The Morgan fingerprint density at radius 3 is 2.58 bits per heavy atom. The molecule has 1 aliphatic carbocycles. The van der Waals surface area contributed by atoms with Crippen LogP contribution in [-0.2, 0) is 4.79 Å². The molecule has 0 radical (unpaired) electrons. The predicted molar refractivity (Wildman–Crippen MR) is 102 cm³/mol. The van der Waals surface area contributed by atoms with Crippen LogP contribution in [0.5, 0.6) is 0 Å². The van der Waals surface area contributed by atoms with Crippen molar-refractivity contribution in [3.05, 3.63) is 33.8 Å². The number of nitrogens with zero attached hydrogens (tertiary/aromatic N) is 1. The smallest absolute Gasteiger partial charge is 0.223 e. The number of hydrogen-bond donors (Lipinski definition) is 1. The Labute approximate surface area is 160 Å². The number of nitrogens with two attached hydrogens (primary N) is 1. The molecule has 1 aromatic carbocycles. The molecular formula is C18H25Cl3N2O. The Morgan fingerprint density at radius 1 is 1.12 bits per heavy atom. The van der Waals surface area contributed by atoms with Gasteiger partial charge >= 0.3 is 0 Å². The molecule has 0 aromatic heterocycles. The zero-order valence-electron chi connectivity index (χ0n) is 13.7. The summed E-state index contributed by atoms with van der Waals surface area (Å²) in [4.78, 5) is 14.8. The van der Waals surface area contributed by atoms with Gasteiger partial charge in [0, 0.05) is 19.0 Å². The molecule has 1 aliphatic heterocycles. The highest BCUT2D eigenvalue weighted by molar-refractivity contribution is 6.42. The second kappa shape index (κ2) is 8.75. The van der Waals surface area contributed by atoms with Crippen LogP contribution < -0.4 is 5.73 Å². The number of benzene rings is 1. The van der Waals surface area contributed by atoms with E-state index >= 15 is 0 Å². The molecular weight excluding hydrogens is 367 g/mol. The van der Waals surface area contributed by atoms with E-state index in [1.54, 1.807) is 0 Å². The summed E-state index contributed by atoms with van der Waals surface area (Å²) in [7, 11) is 0. The minimum absolute atomic E-state index is 0. The zero-order valence-corrected chi connectivity index (χ0v) is 16.0. The van der Waals surface area contributed by atoms with Gasteiger partial charge in [-0.2, -0.15) is 0 Å². The van der Waals surface area contributed by atoms with E-state index in [-0.39, 0.29) is 30.4 Å². The van der Waals surface area contributed by atoms with Crippen molar-refractivity contribution in [3.63, 3.8) is 0 Å². The highest BCUT2D eigenvalue weighted by Gasteiger charge is 2.33. The lowest BCUT2D eigenvalue weighted by Crippen LogP contribution is -2.38. The van der Waals surface area contributed by atoms with E-state index < -0.39 is 0 Å². The van der Waals surface area contributed by atoms with Crippen LogP contribution in [0.4, 0.5) is 0 Å².